The van der Waals surface area contributed by atoms with Gasteiger partial charge in [-0.2, -0.15) is 0 Å². The molecule has 0 heterocycles. The van der Waals surface area contributed by atoms with Crippen LogP contribution >= 0.6 is 0 Å². The Balaban J connectivity index is 2.70. The fourth-order valence-corrected chi connectivity index (χ4v) is 1.64. The minimum atomic E-state index is -1.56. The third-order valence-electron chi connectivity index (χ3n) is 2.95. The van der Waals surface area contributed by atoms with E-state index in [1.165, 1.54) is 0 Å². The van der Waals surface area contributed by atoms with Crippen molar-refractivity contribution in [2.75, 3.05) is 13.2 Å². The molecule has 0 radical (unpaired) electrons. The third kappa shape index (κ3) is 4.93. The molecule has 1 aromatic carbocycles. The minimum Gasteiger partial charge on any atom is -0.489 e. The van der Waals surface area contributed by atoms with Crippen molar-refractivity contribution in [2.24, 2.45) is 11.1 Å². The molecule has 1 rings (SSSR count). The molecule has 0 amide bonds. The highest BCUT2D eigenvalue weighted by Gasteiger charge is 2.22. The van der Waals surface area contributed by atoms with Gasteiger partial charge in [0.2, 0.25) is 0 Å². The number of hydrogen-bond donors (Lipinski definition) is 1. The van der Waals surface area contributed by atoms with Crippen molar-refractivity contribution in [3.8, 4) is 5.75 Å². The molecule has 0 saturated heterocycles. The molecule has 0 fully saturated rings. The molecule has 3 nitrogen and oxygen atoms in total. The van der Waals surface area contributed by atoms with Crippen LogP contribution < -0.4 is 10.5 Å². The molecule has 116 valence electrons. The Morgan fingerprint density at radius 3 is 2.33 bits per heavy atom. The van der Waals surface area contributed by atoms with Crippen molar-refractivity contribution in [1.82, 2.24) is 0 Å². The number of alkyl halides is 1. The van der Waals surface area contributed by atoms with Crippen LogP contribution in [-0.4, -0.2) is 25.1 Å². The lowest BCUT2D eigenvalue weighted by molar-refractivity contribution is 0.0858. The number of hydrogen-bond acceptors (Lipinski definition) is 3. The second-order valence-corrected chi connectivity index (χ2v) is 5.78. The Morgan fingerprint density at radius 2 is 1.90 bits per heavy atom. The summed E-state index contributed by atoms with van der Waals surface area (Å²) in [7, 11) is 0. The van der Waals surface area contributed by atoms with Crippen molar-refractivity contribution in [1.29, 1.82) is 0 Å². The van der Waals surface area contributed by atoms with Gasteiger partial charge >= 0.3 is 0 Å². The van der Waals surface area contributed by atoms with E-state index in [4.69, 9.17) is 10.5 Å². The fourth-order valence-electron chi connectivity index (χ4n) is 1.64. The van der Waals surface area contributed by atoms with Crippen molar-refractivity contribution in [3.05, 3.63) is 41.7 Å². The molecule has 21 heavy (non-hydrogen) atoms. The molecular formula is C16H21F2NO2. The highest BCUT2D eigenvalue weighted by Crippen LogP contribution is 2.22. The number of halogens is 2. The summed E-state index contributed by atoms with van der Waals surface area (Å²) in [4.78, 5) is 12.1. The van der Waals surface area contributed by atoms with Gasteiger partial charge in [0.25, 0.3) is 0 Å². The van der Waals surface area contributed by atoms with Gasteiger partial charge in [0.05, 0.1) is 6.33 Å². The topological polar surface area (TPSA) is 52.3 Å². The van der Waals surface area contributed by atoms with Gasteiger partial charge in [-0.15, -0.1) is 0 Å². The monoisotopic (exact) mass is 297 g/mol. The Hall–Kier alpha value is -1.75. The lowest BCUT2D eigenvalue weighted by Crippen LogP contribution is -2.21. The number of benzene rings is 1. The molecule has 0 unspecified atom stereocenters. The molecular weight excluding hydrogens is 276 g/mol. The van der Waals surface area contributed by atoms with Crippen LogP contribution in [0.5, 0.6) is 5.75 Å². The molecule has 1 aromatic rings. The zero-order chi connectivity index (χ0) is 16.0. The normalized spacial score (nSPS) is 13.9. The molecule has 0 aliphatic heterocycles. The molecule has 0 aliphatic carbocycles. The maximum atomic E-state index is 13.2. The van der Waals surface area contributed by atoms with E-state index in [-0.39, 0.29) is 30.8 Å². The largest absolute Gasteiger partial charge is 0.489 e. The number of ketones is 1. The number of ether oxygens (including phenoxy) is 1. The molecule has 0 bridgehead atoms. The van der Waals surface area contributed by atoms with Gasteiger partial charge in [-0.3, -0.25) is 4.79 Å². The lowest BCUT2D eigenvalue weighted by Gasteiger charge is -2.17. The smallest absolute Gasteiger partial charge is 0.168 e. The summed E-state index contributed by atoms with van der Waals surface area (Å²) in [5.74, 6) is 0.453. The summed E-state index contributed by atoms with van der Waals surface area (Å²) < 4.78 is 31.0. The maximum Gasteiger partial charge on any atom is 0.168 e. The molecule has 5 heteroatoms. The number of Topliss-reactive ketones (excluding diaryl/α,β-unsaturated/α-hetero) is 1. The fraction of sp³-hybridized carbons (Fsp3) is 0.438. The zero-order valence-corrected chi connectivity index (χ0v) is 12.5. The summed E-state index contributed by atoms with van der Waals surface area (Å²) in [5, 5.41) is 0. The standard InChI is InChI=1S/C16H21F2NO2/c1-16(2,3)15(20)11-4-6-13(7-5-11)21-10-12(8-17)14(18)9-19/h4-8,14H,9-10,19H2,1-3H3/b12-8-/t14-/m0/s1. The second-order valence-electron chi connectivity index (χ2n) is 5.78. The third-order valence-corrected chi connectivity index (χ3v) is 2.95. The Morgan fingerprint density at radius 1 is 1.33 bits per heavy atom. The number of nitrogens with two attached hydrogens (primary N) is 1. The van der Waals surface area contributed by atoms with E-state index in [0.29, 0.717) is 11.3 Å². The summed E-state index contributed by atoms with van der Waals surface area (Å²) in [6, 6.07) is 6.48. The number of carbonyl (C=O) groups excluding carboxylic acids is 1. The van der Waals surface area contributed by atoms with Crippen LogP contribution in [-0.2, 0) is 0 Å². The van der Waals surface area contributed by atoms with Crippen LogP contribution in [0, 0.1) is 5.41 Å². The number of carbonyl (C=O) groups is 1. The molecule has 0 aromatic heterocycles. The first-order valence-corrected chi connectivity index (χ1v) is 6.70. The lowest BCUT2D eigenvalue weighted by atomic mass is 9.86. The summed E-state index contributed by atoms with van der Waals surface area (Å²) in [6.07, 6.45) is -1.38. The Labute approximate surface area is 123 Å². The predicted octanol–water partition coefficient (Wildman–Crippen LogP) is 3.44. The molecule has 0 saturated carbocycles. The van der Waals surface area contributed by atoms with Crippen LogP contribution in [0.25, 0.3) is 0 Å². The highest BCUT2D eigenvalue weighted by atomic mass is 19.1. The highest BCUT2D eigenvalue weighted by molar-refractivity contribution is 5.99. The molecule has 0 spiro atoms. The van der Waals surface area contributed by atoms with Gasteiger partial charge in [0, 0.05) is 23.1 Å². The van der Waals surface area contributed by atoms with Crippen LogP contribution in [0.2, 0.25) is 0 Å². The van der Waals surface area contributed by atoms with Gasteiger partial charge in [-0.25, -0.2) is 8.78 Å². The van der Waals surface area contributed by atoms with E-state index >= 15 is 0 Å². The van der Waals surface area contributed by atoms with Crippen molar-refractivity contribution >= 4 is 5.78 Å². The maximum absolute atomic E-state index is 13.2. The summed E-state index contributed by atoms with van der Waals surface area (Å²) in [6.45, 7) is 5.00. The van der Waals surface area contributed by atoms with Gasteiger partial charge in [-0.1, -0.05) is 20.8 Å². The van der Waals surface area contributed by atoms with Crippen molar-refractivity contribution < 1.29 is 18.3 Å². The minimum absolute atomic E-state index is 0.0188. The first kappa shape index (κ1) is 17.3. The number of rotatable bonds is 6. The average molecular weight is 297 g/mol. The Kier molecular flexibility index (Phi) is 6.03. The van der Waals surface area contributed by atoms with E-state index in [9.17, 15) is 13.6 Å². The second kappa shape index (κ2) is 7.31. The van der Waals surface area contributed by atoms with Gasteiger partial charge in [-0.05, 0) is 24.3 Å². The van der Waals surface area contributed by atoms with E-state index in [1.54, 1.807) is 24.3 Å². The van der Waals surface area contributed by atoms with Crippen LogP contribution in [0.4, 0.5) is 8.78 Å². The SMILES string of the molecule is CC(C)(C)C(=O)c1ccc(OC/C(=C/F)[C@@H](F)CN)cc1. The van der Waals surface area contributed by atoms with E-state index < -0.39 is 11.6 Å². The summed E-state index contributed by atoms with van der Waals surface area (Å²) in [5.41, 5.74) is 5.10. The van der Waals surface area contributed by atoms with Gasteiger partial charge in [0.15, 0.2) is 5.78 Å². The zero-order valence-electron chi connectivity index (χ0n) is 12.5. The van der Waals surface area contributed by atoms with Crippen molar-refractivity contribution in [3.63, 3.8) is 0 Å². The van der Waals surface area contributed by atoms with Crippen molar-refractivity contribution in [2.45, 2.75) is 26.9 Å². The predicted molar refractivity (Wildman–Crippen MR) is 78.9 cm³/mol. The van der Waals surface area contributed by atoms with E-state index in [1.807, 2.05) is 20.8 Å². The van der Waals surface area contributed by atoms with E-state index in [2.05, 4.69) is 0 Å². The quantitative estimate of drug-likeness (QED) is 0.818. The van der Waals surface area contributed by atoms with Crippen LogP contribution in [0.15, 0.2) is 36.2 Å². The van der Waals surface area contributed by atoms with Crippen LogP contribution in [0.3, 0.4) is 0 Å². The van der Waals surface area contributed by atoms with E-state index in [0.717, 1.165) is 0 Å². The first-order chi connectivity index (χ1) is 9.79. The summed E-state index contributed by atoms with van der Waals surface area (Å²) >= 11 is 0. The van der Waals surface area contributed by atoms with Gasteiger partial charge < -0.3 is 10.5 Å². The van der Waals surface area contributed by atoms with Gasteiger partial charge in [0.1, 0.15) is 18.5 Å². The van der Waals surface area contributed by atoms with Crippen LogP contribution in [0.1, 0.15) is 31.1 Å². The molecule has 2 N–H and O–H groups in total. The first-order valence-electron chi connectivity index (χ1n) is 6.70. The Bertz CT molecular complexity index is 504. The average Bonchev–Trinajstić information content (AvgIpc) is 2.46. The molecule has 0 aliphatic rings. The molecule has 1 atom stereocenters.